The number of hydrogen-bond donors (Lipinski definition) is 2. The van der Waals surface area contributed by atoms with Crippen molar-refractivity contribution in [2.24, 2.45) is 5.10 Å². The first-order chi connectivity index (χ1) is 14.2. The average molecular weight is 436 g/mol. The Hall–Kier alpha value is -3.27. The molecule has 0 aliphatic heterocycles. The van der Waals surface area contributed by atoms with Crippen LogP contribution in [0.15, 0.2) is 47.6 Å². The van der Waals surface area contributed by atoms with Gasteiger partial charge in [-0.25, -0.2) is 13.8 Å². The predicted molar refractivity (Wildman–Crippen MR) is 115 cm³/mol. The van der Waals surface area contributed by atoms with E-state index in [0.29, 0.717) is 23.6 Å². The van der Waals surface area contributed by atoms with Crippen LogP contribution in [-0.4, -0.2) is 51.7 Å². The highest BCUT2D eigenvalue weighted by molar-refractivity contribution is 7.92. The maximum absolute atomic E-state index is 12.5. The van der Waals surface area contributed by atoms with Crippen molar-refractivity contribution < 1.29 is 27.8 Å². The molecule has 0 radical (unpaired) electrons. The molecule has 2 aromatic carbocycles. The van der Waals surface area contributed by atoms with Crippen LogP contribution in [0.3, 0.4) is 0 Å². The fourth-order valence-electron chi connectivity index (χ4n) is 2.73. The van der Waals surface area contributed by atoms with Crippen molar-refractivity contribution >= 4 is 27.8 Å². The van der Waals surface area contributed by atoms with Crippen molar-refractivity contribution in [2.45, 2.75) is 19.9 Å². The summed E-state index contributed by atoms with van der Waals surface area (Å²) in [7, 11) is -2.34. The lowest BCUT2D eigenvalue weighted by Gasteiger charge is -2.27. The van der Waals surface area contributed by atoms with E-state index < -0.39 is 22.0 Å². The largest absolute Gasteiger partial charge is 0.504 e. The molecule has 10 heteroatoms. The molecule has 9 nitrogen and oxygen atoms in total. The Labute approximate surface area is 176 Å². The highest BCUT2D eigenvalue weighted by atomic mass is 32.2. The monoisotopic (exact) mass is 435 g/mol. The van der Waals surface area contributed by atoms with Crippen LogP contribution in [-0.2, 0) is 14.8 Å². The lowest BCUT2D eigenvalue weighted by atomic mass is 10.2. The van der Waals surface area contributed by atoms with E-state index in [1.165, 1.54) is 20.2 Å². The minimum absolute atomic E-state index is 0.127. The second-order valence-electron chi connectivity index (χ2n) is 6.29. The SMILES string of the molecule is CCOc1ccc(N([C@H](C)C(=O)N/N=C\c2cccc(OC)c2O)S(C)(=O)=O)cc1. The zero-order valence-electron chi connectivity index (χ0n) is 17.2. The van der Waals surface area contributed by atoms with Crippen molar-refractivity contribution in [3.05, 3.63) is 48.0 Å². The maximum Gasteiger partial charge on any atom is 0.263 e. The smallest absolute Gasteiger partial charge is 0.263 e. The van der Waals surface area contributed by atoms with E-state index in [1.807, 2.05) is 6.92 Å². The van der Waals surface area contributed by atoms with Crippen LogP contribution >= 0.6 is 0 Å². The highest BCUT2D eigenvalue weighted by Crippen LogP contribution is 2.28. The number of hydrogen-bond acceptors (Lipinski definition) is 7. The van der Waals surface area contributed by atoms with Crippen molar-refractivity contribution in [1.82, 2.24) is 5.43 Å². The summed E-state index contributed by atoms with van der Waals surface area (Å²) in [6, 6.07) is 10.1. The van der Waals surface area contributed by atoms with Crippen LogP contribution in [0.5, 0.6) is 17.2 Å². The molecule has 1 atom stereocenters. The standard InChI is InChI=1S/C20H25N3O6S/c1-5-29-17-11-9-16(10-12-17)23(30(4,26)27)14(2)20(25)22-21-13-15-7-6-8-18(28-3)19(15)24/h6-14,24H,5H2,1-4H3,(H,22,25)/b21-13-/t14-/m1/s1. The lowest BCUT2D eigenvalue weighted by Crippen LogP contribution is -2.46. The highest BCUT2D eigenvalue weighted by Gasteiger charge is 2.29. The fraction of sp³-hybridized carbons (Fsp3) is 0.300. The number of carbonyl (C=O) groups is 1. The first-order valence-electron chi connectivity index (χ1n) is 9.10. The molecular formula is C20H25N3O6S. The van der Waals surface area contributed by atoms with Gasteiger partial charge < -0.3 is 14.6 Å². The van der Waals surface area contributed by atoms with Gasteiger partial charge in [-0.05, 0) is 50.2 Å². The number of carbonyl (C=O) groups excluding carboxylic acids is 1. The summed E-state index contributed by atoms with van der Waals surface area (Å²) in [6.45, 7) is 3.77. The molecule has 0 aliphatic carbocycles. The van der Waals surface area contributed by atoms with Crippen LogP contribution in [0, 0.1) is 0 Å². The number of hydrazone groups is 1. The number of nitrogens with zero attached hydrogens (tertiary/aromatic N) is 2. The van der Waals surface area contributed by atoms with Crippen LogP contribution in [0.2, 0.25) is 0 Å². The number of ether oxygens (including phenoxy) is 2. The number of methoxy groups -OCH3 is 1. The van der Waals surface area contributed by atoms with Crippen LogP contribution in [0.4, 0.5) is 5.69 Å². The van der Waals surface area contributed by atoms with E-state index in [2.05, 4.69) is 10.5 Å². The van der Waals surface area contributed by atoms with Gasteiger partial charge in [0.15, 0.2) is 11.5 Å². The second kappa shape index (κ2) is 9.97. The van der Waals surface area contributed by atoms with Gasteiger partial charge in [-0.1, -0.05) is 6.07 Å². The third-order valence-electron chi connectivity index (χ3n) is 4.12. The Balaban J connectivity index is 2.18. The van der Waals surface area contributed by atoms with Crippen molar-refractivity contribution in [2.75, 3.05) is 24.3 Å². The molecule has 0 heterocycles. The summed E-state index contributed by atoms with van der Waals surface area (Å²) in [5.41, 5.74) is 2.94. The fourth-order valence-corrected chi connectivity index (χ4v) is 3.91. The van der Waals surface area contributed by atoms with Gasteiger partial charge in [0.1, 0.15) is 11.8 Å². The quantitative estimate of drug-likeness (QED) is 0.460. The second-order valence-corrected chi connectivity index (χ2v) is 8.15. The molecule has 2 aromatic rings. The normalized spacial score (nSPS) is 12.4. The number of sulfonamides is 1. The van der Waals surface area contributed by atoms with Gasteiger partial charge in [-0.3, -0.25) is 9.10 Å². The van der Waals surface area contributed by atoms with Crippen LogP contribution < -0.4 is 19.2 Å². The van der Waals surface area contributed by atoms with E-state index in [9.17, 15) is 18.3 Å². The molecule has 1 amide bonds. The molecule has 162 valence electrons. The molecular weight excluding hydrogens is 410 g/mol. The minimum atomic E-state index is -3.76. The lowest BCUT2D eigenvalue weighted by molar-refractivity contribution is -0.121. The van der Waals surface area contributed by atoms with Crippen molar-refractivity contribution in [3.63, 3.8) is 0 Å². The minimum Gasteiger partial charge on any atom is -0.504 e. The summed E-state index contributed by atoms with van der Waals surface area (Å²) in [6.07, 6.45) is 2.26. The Morgan fingerprint density at radius 3 is 2.50 bits per heavy atom. The number of amides is 1. The molecule has 0 unspecified atom stereocenters. The number of benzene rings is 2. The van der Waals surface area contributed by atoms with Crippen LogP contribution in [0.25, 0.3) is 0 Å². The number of anilines is 1. The van der Waals surface area contributed by atoms with E-state index in [0.717, 1.165) is 10.6 Å². The van der Waals surface area contributed by atoms with Gasteiger partial charge in [-0.2, -0.15) is 5.10 Å². The number of aromatic hydroxyl groups is 1. The number of phenols is 1. The number of nitrogens with one attached hydrogen (secondary N) is 1. The first-order valence-corrected chi connectivity index (χ1v) is 10.9. The summed E-state index contributed by atoms with van der Waals surface area (Å²) in [5, 5.41) is 13.9. The van der Waals surface area contributed by atoms with Gasteiger partial charge in [0.2, 0.25) is 10.0 Å². The number of para-hydroxylation sites is 1. The zero-order valence-corrected chi connectivity index (χ0v) is 18.0. The Morgan fingerprint density at radius 1 is 1.27 bits per heavy atom. The summed E-state index contributed by atoms with van der Waals surface area (Å²) in [5.74, 6) is 0.0815. The number of phenolic OH excluding ortho intramolecular Hbond substituents is 1. The van der Waals surface area contributed by atoms with Gasteiger partial charge in [-0.15, -0.1) is 0 Å². The van der Waals surface area contributed by atoms with Crippen molar-refractivity contribution in [3.8, 4) is 17.2 Å². The van der Waals surface area contributed by atoms with Gasteiger partial charge in [0, 0.05) is 5.56 Å². The molecule has 0 aliphatic rings. The molecule has 0 spiro atoms. The third kappa shape index (κ3) is 5.63. The molecule has 0 saturated carbocycles. The maximum atomic E-state index is 12.5. The van der Waals surface area contributed by atoms with Gasteiger partial charge in [0.25, 0.3) is 5.91 Å². The third-order valence-corrected chi connectivity index (χ3v) is 5.36. The molecule has 2 N–H and O–H groups in total. The van der Waals surface area contributed by atoms with Gasteiger partial charge >= 0.3 is 0 Å². The molecule has 30 heavy (non-hydrogen) atoms. The first kappa shape index (κ1) is 23.0. The van der Waals surface area contributed by atoms with E-state index >= 15 is 0 Å². The van der Waals surface area contributed by atoms with E-state index in [4.69, 9.17) is 9.47 Å². The molecule has 0 aromatic heterocycles. The summed E-state index contributed by atoms with van der Waals surface area (Å²) < 4.78 is 36.0. The molecule has 0 saturated heterocycles. The van der Waals surface area contributed by atoms with Crippen molar-refractivity contribution in [1.29, 1.82) is 0 Å². The summed E-state index contributed by atoms with van der Waals surface area (Å²) in [4.78, 5) is 12.5. The molecule has 0 bridgehead atoms. The van der Waals surface area contributed by atoms with E-state index in [-0.39, 0.29) is 11.5 Å². The summed E-state index contributed by atoms with van der Waals surface area (Å²) >= 11 is 0. The van der Waals surface area contributed by atoms with E-state index in [1.54, 1.807) is 42.5 Å². The Kier molecular flexibility index (Phi) is 7.65. The average Bonchev–Trinajstić information content (AvgIpc) is 2.69. The Morgan fingerprint density at radius 2 is 1.93 bits per heavy atom. The zero-order chi connectivity index (χ0) is 22.3. The Bertz CT molecular complexity index is 1010. The molecule has 2 rings (SSSR count). The van der Waals surface area contributed by atoms with Crippen LogP contribution in [0.1, 0.15) is 19.4 Å². The predicted octanol–water partition coefficient (Wildman–Crippen LogP) is 2.10. The molecule has 0 fully saturated rings. The van der Waals surface area contributed by atoms with Gasteiger partial charge in [0.05, 0.1) is 31.9 Å². The topological polar surface area (TPSA) is 118 Å². The number of rotatable bonds is 9.